The van der Waals surface area contributed by atoms with Crippen LogP contribution in [0.4, 0.5) is 10.1 Å². The highest BCUT2D eigenvalue weighted by atomic mass is 19.1. The normalized spacial score (nSPS) is 18.4. The van der Waals surface area contributed by atoms with Gasteiger partial charge in [0, 0.05) is 44.8 Å². The second-order valence-corrected chi connectivity index (χ2v) is 8.90. The molecular formula is C26H34FN3O. The SMILES string of the molecule is O=C(CCN1CCC(CCc2ccccc2)CC1)N1CCN(c2ccc(F)cc2)CC1. The van der Waals surface area contributed by atoms with Crippen LogP contribution in [0.15, 0.2) is 54.6 Å². The van der Waals surface area contributed by atoms with E-state index in [1.807, 2.05) is 17.0 Å². The maximum absolute atomic E-state index is 13.1. The fourth-order valence-corrected chi connectivity index (χ4v) is 4.79. The first kappa shape index (κ1) is 21.8. The molecule has 0 aromatic heterocycles. The molecule has 2 fully saturated rings. The second kappa shape index (κ2) is 10.8. The Bertz CT molecular complexity index is 810. The summed E-state index contributed by atoms with van der Waals surface area (Å²) in [7, 11) is 0. The van der Waals surface area contributed by atoms with Crippen LogP contribution < -0.4 is 4.90 Å². The lowest BCUT2D eigenvalue weighted by Gasteiger charge is -2.37. The van der Waals surface area contributed by atoms with Gasteiger partial charge in [0.1, 0.15) is 5.82 Å². The third-order valence-corrected chi connectivity index (χ3v) is 6.86. The molecule has 0 saturated carbocycles. The van der Waals surface area contributed by atoms with E-state index in [2.05, 4.69) is 40.1 Å². The minimum absolute atomic E-state index is 0.210. The third-order valence-electron chi connectivity index (χ3n) is 6.86. The lowest BCUT2D eigenvalue weighted by molar-refractivity contribution is -0.131. The number of halogens is 1. The number of anilines is 1. The molecule has 1 amide bonds. The molecule has 0 spiro atoms. The standard InChI is InChI=1S/C26H34FN3O/c27-24-8-10-25(11-9-24)29-18-20-30(21-19-29)26(31)14-17-28-15-12-23(13-16-28)7-6-22-4-2-1-3-5-22/h1-5,8-11,23H,6-7,12-21H2. The van der Waals surface area contributed by atoms with Crippen molar-refractivity contribution in [1.82, 2.24) is 9.80 Å². The number of likely N-dealkylation sites (tertiary alicyclic amines) is 1. The van der Waals surface area contributed by atoms with Crippen LogP contribution in [0.25, 0.3) is 0 Å². The predicted molar refractivity (Wildman–Crippen MR) is 124 cm³/mol. The van der Waals surface area contributed by atoms with Crippen molar-refractivity contribution in [2.24, 2.45) is 5.92 Å². The predicted octanol–water partition coefficient (Wildman–Crippen LogP) is 4.21. The molecule has 2 heterocycles. The first-order valence-corrected chi connectivity index (χ1v) is 11.7. The van der Waals surface area contributed by atoms with Crippen LogP contribution in [0.2, 0.25) is 0 Å². The first-order valence-electron chi connectivity index (χ1n) is 11.7. The highest BCUT2D eigenvalue weighted by molar-refractivity contribution is 5.76. The van der Waals surface area contributed by atoms with Crippen LogP contribution in [0, 0.1) is 11.7 Å². The van der Waals surface area contributed by atoms with E-state index in [1.165, 1.54) is 43.4 Å². The zero-order chi connectivity index (χ0) is 21.5. The Hall–Kier alpha value is -2.40. The summed E-state index contributed by atoms with van der Waals surface area (Å²) in [6.07, 6.45) is 5.56. The van der Waals surface area contributed by atoms with E-state index in [0.29, 0.717) is 6.42 Å². The summed E-state index contributed by atoms with van der Waals surface area (Å²) in [6, 6.07) is 17.4. The number of carbonyl (C=O) groups is 1. The van der Waals surface area contributed by atoms with Crippen molar-refractivity contribution in [3.05, 3.63) is 66.0 Å². The van der Waals surface area contributed by atoms with E-state index in [-0.39, 0.29) is 11.7 Å². The van der Waals surface area contributed by atoms with Crippen molar-refractivity contribution in [2.75, 3.05) is 50.7 Å². The van der Waals surface area contributed by atoms with Crippen molar-refractivity contribution >= 4 is 11.6 Å². The molecule has 0 unspecified atom stereocenters. The molecule has 0 N–H and O–H groups in total. The van der Waals surface area contributed by atoms with E-state index in [9.17, 15) is 9.18 Å². The summed E-state index contributed by atoms with van der Waals surface area (Å²) in [4.78, 5) is 19.4. The molecule has 0 radical (unpaired) electrons. The molecular weight excluding hydrogens is 389 g/mol. The number of carbonyl (C=O) groups excluding carboxylic acids is 1. The maximum Gasteiger partial charge on any atom is 0.223 e. The van der Waals surface area contributed by atoms with Crippen LogP contribution in [0.3, 0.4) is 0 Å². The number of hydrogen-bond donors (Lipinski definition) is 0. The van der Waals surface area contributed by atoms with Gasteiger partial charge in [-0.2, -0.15) is 0 Å². The fourth-order valence-electron chi connectivity index (χ4n) is 4.79. The van der Waals surface area contributed by atoms with Gasteiger partial charge >= 0.3 is 0 Å². The van der Waals surface area contributed by atoms with Gasteiger partial charge in [0.15, 0.2) is 0 Å². The summed E-state index contributed by atoms with van der Waals surface area (Å²) < 4.78 is 13.1. The average Bonchev–Trinajstić information content (AvgIpc) is 2.83. The van der Waals surface area contributed by atoms with Gasteiger partial charge in [-0.3, -0.25) is 4.79 Å². The Morgan fingerprint density at radius 3 is 2.23 bits per heavy atom. The van der Waals surface area contributed by atoms with Crippen LogP contribution >= 0.6 is 0 Å². The molecule has 2 aromatic carbocycles. The van der Waals surface area contributed by atoms with E-state index in [0.717, 1.165) is 57.4 Å². The monoisotopic (exact) mass is 423 g/mol. The van der Waals surface area contributed by atoms with Gasteiger partial charge in [0.2, 0.25) is 5.91 Å². The molecule has 31 heavy (non-hydrogen) atoms. The number of piperidine rings is 1. The molecule has 0 bridgehead atoms. The number of benzene rings is 2. The van der Waals surface area contributed by atoms with Crippen LogP contribution in [0.1, 0.15) is 31.2 Å². The largest absolute Gasteiger partial charge is 0.368 e. The summed E-state index contributed by atoms with van der Waals surface area (Å²) in [5.41, 5.74) is 2.47. The summed E-state index contributed by atoms with van der Waals surface area (Å²) in [5.74, 6) is 0.870. The minimum Gasteiger partial charge on any atom is -0.368 e. The maximum atomic E-state index is 13.1. The van der Waals surface area contributed by atoms with Gasteiger partial charge in [-0.15, -0.1) is 0 Å². The minimum atomic E-state index is -0.210. The number of nitrogens with zero attached hydrogens (tertiary/aromatic N) is 3. The number of rotatable bonds is 7. The Labute approximate surface area is 185 Å². The molecule has 166 valence electrons. The molecule has 4 nitrogen and oxygen atoms in total. The molecule has 2 aliphatic heterocycles. The summed E-state index contributed by atoms with van der Waals surface area (Å²) >= 11 is 0. The van der Waals surface area contributed by atoms with E-state index in [1.54, 1.807) is 0 Å². The first-order chi connectivity index (χ1) is 15.2. The fraction of sp³-hybridized carbons (Fsp3) is 0.500. The number of amides is 1. The van der Waals surface area contributed by atoms with Crippen LogP contribution in [-0.2, 0) is 11.2 Å². The zero-order valence-corrected chi connectivity index (χ0v) is 18.4. The molecule has 2 aliphatic rings. The third kappa shape index (κ3) is 6.30. The topological polar surface area (TPSA) is 26.8 Å². The zero-order valence-electron chi connectivity index (χ0n) is 18.4. The average molecular weight is 424 g/mol. The lowest BCUT2D eigenvalue weighted by Crippen LogP contribution is -2.49. The molecule has 5 heteroatoms. The van der Waals surface area contributed by atoms with E-state index >= 15 is 0 Å². The Morgan fingerprint density at radius 1 is 0.871 bits per heavy atom. The summed E-state index contributed by atoms with van der Waals surface area (Å²) in [5, 5.41) is 0. The van der Waals surface area contributed by atoms with Crippen LogP contribution in [-0.4, -0.2) is 61.5 Å². The Balaban J connectivity index is 1.12. The van der Waals surface area contributed by atoms with E-state index < -0.39 is 0 Å². The number of hydrogen-bond acceptors (Lipinski definition) is 3. The Morgan fingerprint density at radius 2 is 1.55 bits per heavy atom. The van der Waals surface area contributed by atoms with Crippen molar-refractivity contribution in [1.29, 1.82) is 0 Å². The van der Waals surface area contributed by atoms with Gasteiger partial charge in [-0.25, -0.2) is 4.39 Å². The van der Waals surface area contributed by atoms with Crippen molar-refractivity contribution in [3.8, 4) is 0 Å². The lowest BCUT2D eigenvalue weighted by atomic mass is 9.90. The highest BCUT2D eigenvalue weighted by Crippen LogP contribution is 2.23. The van der Waals surface area contributed by atoms with Gasteiger partial charge < -0.3 is 14.7 Å². The van der Waals surface area contributed by atoms with Gasteiger partial charge in [-0.1, -0.05) is 30.3 Å². The quantitative estimate of drug-likeness (QED) is 0.668. The molecule has 2 saturated heterocycles. The molecule has 4 rings (SSSR count). The smallest absolute Gasteiger partial charge is 0.223 e. The molecule has 0 aliphatic carbocycles. The van der Waals surface area contributed by atoms with Gasteiger partial charge in [0.25, 0.3) is 0 Å². The highest BCUT2D eigenvalue weighted by Gasteiger charge is 2.23. The number of piperazine rings is 1. The van der Waals surface area contributed by atoms with Gasteiger partial charge in [0.05, 0.1) is 0 Å². The van der Waals surface area contributed by atoms with Crippen molar-refractivity contribution in [2.45, 2.75) is 32.1 Å². The van der Waals surface area contributed by atoms with Crippen LogP contribution in [0.5, 0.6) is 0 Å². The molecule has 0 atom stereocenters. The Kier molecular flexibility index (Phi) is 7.57. The number of aryl methyl sites for hydroxylation is 1. The summed E-state index contributed by atoms with van der Waals surface area (Å²) in [6.45, 7) is 6.22. The van der Waals surface area contributed by atoms with E-state index in [4.69, 9.17) is 0 Å². The van der Waals surface area contributed by atoms with Crippen molar-refractivity contribution < 1.29 is 9.18 Å². The molecule has 2 aromatic rings. The van der Waals surface area contributed by atoms with Gasteiger partial charge in [-0.05, 0) is 74.5 Å². The van der Waals surface area contributed by atoms with Crippen molar-refractivity contribution in [3.63, 3.8) is 0 Å². The second-order valence-electron chi connectivity index (χ2n) is 8.90.